The van der Waals surface area contributed by atoms with Gasteiger partial charge in [-0.15, -0.1) is 0 Å². The highest BCUT2D eigenvalue weighted by atomic mass is 16.1. The van der Waals surface area contributed by atoms with Gasteiger partial charge in [-0.2, -0.15) is 0 Å². The summed E-state index contributed by atoms with van der Waals surface area (Å²) in [6, 6.07) is 0. The molecule has 3 nitrogen and oxygen atoms in total. The topological polar surface area (TPSA) is 69.1 Å². The van der Waals surface area contributed by atoms with E-state index in [1.54, 1.807) is 13.8 Å². The molecule has 12 heavy (non-hydrogen) atoms. The highest BCUT2D eigenvalue weighted by Gasteiger charge is 2.16. The molecule has 0 heterocycles. The van der Waals surface area contributed by atoms with Crippen LogP contribution in [0.5, 0.6) is 0 Å². The molecule has 0 fully saturated rings. The molecule has 1 amide bonds. The van der Waals surface area contributed by atoms with Crippen LogP contribution in [0.4, 0.5) is 0 Å². The lowest BCUT2D eigenvalue weighted by Crippen LogP contribution is -2.46. The molecule has 0 spiro atoms. The molecule has 0 aromatic heterocycles. The Kier molecular flexibility index (Phi) is 32.7. The number of carbonyl (C=O) groups excluding carboxylic acids is 1. The Morgan fingerprint density at radius 1 is 1.08 bits per heavy atom. The van der Waals surface area contributed by atoms with E-state index in [1.807, 2.05) is 13.8 Å². The number of carbonyl (C=O) groups is 1. The molecule has 0 bridgehead atoms. The summed E-state index contributed by atoms with van der Waals surface area (Å²) in [4.78, 5) is 10.1. The lowest BCUT2D eigenvalue weighted by Gasteiger charge is -2.10. The molecule has 0 aliphatic rings. The van der Waals surface area contributed by atoms with Crippen LogP contribution in [0.1, 0.15) is 50.0 Å². The number of hydrogen-bond acceptors (Lipinski definition) is 2. The zero-order chi connectivity index (χ0) is 8.08. The van der Waals surface area contributed by atoms with Gasteiger partial charge in [0.05, 0.1) is 5.54 Å². The average Bonchev–Trinajstić information content (AvgIpc) is 1.69. The first-order valence-electron chi connectivity index (χ1n) is 3.03. The van der Waals surface area contributed by atoms with Crippen molar-refractivity contribution in [3.63, 3.8) is 0 Å². The maximum Gasteiger partial charge on any atom is 0.236 e. The molecule has 4 N–H and O–H groups in total. The predicted molar refractivity (Wildman–Crippen MR) is 59.0 cm³/mol. The molecular formula is C9H28N2O. The third kappa shape index (κ3) is 22.7. The maximum atomic E-state index is 10.1. The first kappa shape index (κ1) is 30.1. The Hall–Kier alpha value is -0.570. The van der Waals surface area contributed by atoms with E-state index in [0.717, 1.165) is 0 Å². The van der Waals surface area contributed by atoms with Crippen LogP contribution in [0.3, 0.4) is 0 Å². The highest BCUT2D eigenvalue weighted by molar-refractivity contribution is 5.83. The minimum Gasteiger partial charge on any atom is -0.368 e. The smallest absolute Gasteiger partial charge is 0.236 e. The van der Waals surface area contributed by atoms with Gasteiger partial charge >= 0.3 is 0 Å². The summed E-state index contributed by atoms with van der Waals surface area (Å²) in [6.07, 6.45) is 0. The summed E-state index contributed by atoms with van der Waals surface area (Å²) in [5, 5.41) is 0. The van der Waals surface area contributed by atoms with Crippen LogP contribution in [0.25, 0.3) is 0 Å². The van der Waals surface area contributed by atoms with E-state index in [1.165, 1.54) is 0 Å². The minimum atomic E-state index is -0.861. The number of rotatable bonds is 1. The Morgan fingerprint density at radius 3 is 1.17 bits per heavy atom. The van der Waals surface area contributed by atoms with E-state index < -0.39 is 11.4 Å². The molecule has 0 saturated carbocycles. The third-order valence-corrected chi connectivity index (χ3v) is 0.635. The zero-order valence-corrected chi connectivity index (χ0v) is 6.56. The monoisotopic (exact) mass is 180 g/mol. The van der Waals surface area contributed by atoms with Crippen LogP contribution in [-0.2, 0) is 4.79 Å². The summed E-state index contributed by atoms with van der Waals surface area (Å²) in [7, 11) is 0. The van der Waals surface area contributed by atoms with E-state index in [4.69, 9.17) is 11.5 Å². The summed E-state index contributed by atoms with van der Waals surface area (Å²) in [5.41, 5.74) is 9.15. The number of primary amides is 1. The molecule has 0 aliphatic carbocycles. The molecule has 80 valence electrons. The van der Waals surface area contributed by atoms with Crippen molar-refractivity contribution in [3.8, 4) is 0 Å². The molecule has 0 rings (SSSR count). The van der Waals surface area contributed by atoms with Crippen molar-refractivity contribution >= 4 is 5.91 Å². The highest BCUT2D eigenvalue weighted by Crippen LogP contribution is 1.90. The number of nitrogens with two attached hydrogens (primary N) is 2. The van der Waals surface area contributed by atoms with E-state index in [-0.39, 0.29) is 22.3 Å². The van der Waals surface area contributed by atoms with Crippen LogP contribution in [-0.4, -0.2) is 11.4 Å². The fourth-order valence-electron chi connectivity index (χ4n) is 0. The lowest BCUT2D eigenvalue weighted by molar-refractivity contribution is -0.121. The van der Waals surface area contributed by atoms with Gasteiger partial charge in [-0.3, -0.25) is 4.79 Å². The summed E-state index contributed by atoms with van der Waals surface area (Å²) in [5.74, 6) is -0.479. The standard InChI is InChI=1S/C4H10N2O.C2H6.3CH4/c1-4(2,6)3(5)7;1-2;;;/h6H2,1-2H3,(H2,5,7);1-2H3;3*1H4. The van der Waals surface area contributed by atoms with E-state index in [9.17, 15) is 4.79 Å². The van der Waals surface area contributed by atoms with Gasteiger partial charge < -0.3 is 11.5 Å². The molecule has 0 unspecified atom stereocenters. The Labute approximate surface area is 78.5 Å². The Morgan fingerprint density at radius 2 is 1.17 bits per heavy atom. The van der Waals surface area contributed by atoms with Crippen LogP contribution < -0.4 is 11.5 Å². The second-order valence-corrected chi connectivity index (χ2v) is 2.09. The van der Waals surface area contributed by atoms with Crippen molar-refractivity contribution in [2.45, 2.75) is 55.5 Å². The van der Waals surface area contributed by atoms with Crippen molar-refractivity contribution in [2.75, 3.05) is 0 Å². The van der Waals surface area contributed by atoms with Gasteiger partial charge in [-0.05, 0) is 13.8 Å². The van der Waals surface area contributed by atoms with Crippen molar-refractivity contribution < 1.29 is 4.79 Å². The number of hydrogen-bond donors (Lipinski definition) is 2. The molecule has 3 heteroatoms. The van der Waals surface area contributed by atoms with Gasteiger partial charge in [0, 0.05) is 0 Å². The van der Waals surface area contributed by atoms with Crippen molar-refractivity contribution in [3.05, 3.63) is 0 Å². The summed E-state index contributed by atoms with van der Waals surface area (Å²) in [6.45, 7) is 7.13. The normalized spacial score (nSPS) is 7.08. The zero-order valence-electron chi connectivity index (χ0n) is 6.56. The first-order valence-corrected chi connectivity index (χ1v) is 3.03. The Balaban J connectivity index is -0.0000000303. The van der Waals surface area contributed by atoms with E-state index >= 15 is 0 Å². The van der Waals surface area contributed by atoms with Gasteiger partial charge in [-0.1, -0.05) is 36.1 Å². The maximum absolute atomic E-state index is 10.1. The fraction of sp³-hybridized carbons (Fsp3) is 0.889. The second kappa shape index (κ2) is 13.1. The summed E-state index contributed by atoms with van der Waals surface area (Å²) >= 11 is 0. The minimum absolute atomic E-state index is 0. The second-order valence-electron chi connectivity index (χ2n) is 2.09. The van der Waals surface area contributed by atoms with E-state index in [2.05, 4.69) is 0 Å². The van der Waals surface area contributed by atoms with Crippen LogP contribution in [0.2, 0.25) is 0 Å². The quantitative estimate of drug-likeness (QED) is 0.649. The van der Waals surface area contributed by atoms with Gasteiger partial charge in [-0.25, -0.2) is 0 Å². The SMILES string of the molecule is C.C.C.CC.CC(C)(N)C(N)=O. The van der Waals surface area contributed by atoms with Crippen molar-refractivity contribution in [1.82, 2.24) is 0 Å². The van der Waals surface area contributed by atoms with Crippen LogP contribution in [0.15, 0.2) is 0 Å². The summed E-state index contributed by atoms with van der Waals surface area (Å²) < 4.78 is 0. The first-order chi connectivity index (χ1) is 3.94. The fourth-order valence-corrected chi connectivity index (χ4v) is 0. The third-order valence-electron chi connectivity index (χ3n) is 0.635. The van der Waals surface area contributed by atoms with Crippen molar-refractivity contribution in [2.24, 2.45) is 11.5 Å². The van der Waals surface area contributed by atoms with E-state index in [0.29, 0.717) is 0 Å². The molecule has 0 saturated heterocycles. The molecular weight excluding hydrogens is 152 g/mol. The molecule has 0 aromatic carbocycles. The predicted octanol–water partition coefficient (Wildman–Crippen LogP) is 2.14. The van der Waals surface area contributed by atoms with Crippen molar-refractivity contribution in [1.29, 1.82) is 0 Å². The van der Waals surface area contributed by atoms with Gasteiger partial charge in [0.1, 0.15) is 0 Å². The molecule has 0 atom stereocenters. The number of amides is 1. The average molecular weight is 180 g/mol. The largest absolute Gasteiger partial charge is 0.368 e. The van der Waals surface area contributed by atoms with Crippen LogP contribution >= 0.6 is 0 Å². The Bertz CT molecular complexity index is 85.0. The van der Waals surface area contributed by atoms with Gasteiger partial charge in [0.15, 0.2) is 0 Å². The van der Waals surface area contributed by atoms with Gasteiger partial charge in [0.25, 0.3) is 0 Å². The molecule has 0 radical (unpaired) electrons. The lowest BCUT2D eigenvalue weighted by atomic mass is 10.1. The van der Waals surface area contributed by atoms with Crippen LogP contribution in [0, 0.1) is 0 Å². The molecule has 0 aliphatic heterocycles. The molecule has 0 aromatic rings. The van der Waals surface area contributed by atoms with Gasteiger partial charge in [0.2, 0.25) is 5.91 Å².